The molecule has 7 heteroatoms. The summed E-state index contributed by atoms with van der Waals surface area (Å²) in [6, 6.07) is 8.92. The summed E-state index contributed by atoms with van der Waals surface area (Å²) in [5.74, 6) is -0.511. The molecule has 0 unspecified atom stereocenters. The van der Waals surface area contributed by atoms with Crippen LogP contribution in [0.1, 0.15) is 16.1 Å². The van der Waals surface area contributed by atoms with Crippen LogP contribution < -0.4 is 10.9 Å². The predicted molar refractivity (Wildman–Crippen MR) is 69.0 cm³/mol. The summed E-state index contributed by atoms with van der Waals surface area (Å²) in [5, 5.41) is 17.2. The lowest BCUT2D eigenvalue weighted by molar-refractivity contribution is 0.102. The monoisotopic (exact) mass is 274 g/mol. The molecule has 0 aliphatic rings. The molecule has 0 aliphatic carbocycles. The van der Waals surface area contributed by atoms with E-state index in [4.69, 9.17) is 16.9 Å². The molecule has 6 nitrogen and oxygen atoms in total. The minimum absolute atomic E-state index is 0.0556. The number of carbonyl (C=O) groups is 1. The summed E-state index contributed by atoms with van der Waals surface area (Å²) < 4.78 is 0. The Morgan fingerprint density at radius 2 is 2.16 bits per heavy atom. The van der Waals surface area contributed by atoms with Crippen molar-refractivity contribution in [2.75, 3.05) is 5.32 Å². The van der Waals surface area contributed by atoms with Gasteiger partial charge in [-0.15, -0.1) is 0 Å². The van der Waals surface area contributed by atoms with Gasteiger partial charge in [-0.1, -0.05) is 11.6 Å². The number of H-pyrrole nitrogens is 1. The van der Waals surface area contributed by atoms with Crippen LogP contribution in [0.15, 0.2) is 35.1 Å². The van der Waals surface area contributed by atoms with Crippen molar-refractivity contribution in [2.24, 2.45) is 0 Å². The van der Waals surface area contributed by atoms with E-state index in [1.807, 2.05) is 6.07 Å². The molecule has 94 valence electrons. The third kappa shape index (κ3) is 2.97. The number of nitrogens with zero attached hydrogens (tertiary/aromatic N) is 2. The van der Waals surface area contributed by atoms with E-state index in [-0.39, 0.29) is 10.7 Å². The first-order valence-corrected chi connectivity index (χ1v) is 5.54. The van der Waals surface area contributed by atoms with Crippen molar-refractivity contribution >= 4 is 23.2 Å². The Bertz CT molecular complexity index is 713. The molecule has 1 aromatic heterocycles. The SMILES string of the molecule is N#Cc1ccc(NC(=O)c2ccc(=O)[nH]n2)c(Cl)c1. The van der Waals surface area contributed by atoms with Crippen molar-refractivity contribution in [2.45, 2.75) is 0 Å². The van der Waals surface area contributed by atoms with E-state index in [1.165, 1.54) is 30.3 Å². The molecule has 1 heterocycles. The Balaban J connectivity index is 2.22. The lowest BCUT2D eigenvalue weighted by Crippen LogP contribution is -2.17. The second kappa shape index (κ2) is 5.33. The van der Waals surface area contributed by atoms with Crippen molar-refractivity contribution in [1.82, 2.24) is 10.2 Å². The maximum Gasteiger partial charge on any atom is 0.276 e. The van der Waals surface area contributed by atoms with Gasteiger partial charge in [-0.2, -0.15) is 10.4 Å². The van der Waals surface area contributed by atoms with Gasteiger partial charge in [0.05, 0.1) is 22.3 Å². The number of amides is 1. The average Bonchev–Trinajstić information content (AvgIpc) is 2.41. The van der Waals surface area contributed by atoms with E-state index in [1.54, 1.807) is 0 Å². The zero-order valence-corrected chi connectivity index (χ0v) is 10.2. The van der Waals surface area contributed by atoms with Crippen LogP contribution in [0, 0.1) is 11.3 Å². The topological polar surface area (TPSA) is 98.6 Å². The minimum Gasteiger partial charge on any atom is -0.319 e. The van der Waals surface area contributed by atoms with Crippen LogP contribution in [0.25, 0.3) is 0 Å². The number of hydrogen-bond acceptors (Lipinski definition) is 4. The van der Waals surface area contributed by atoms with Gasteiger partial charge >= 0.3 is 0 Å². The summed E-state index contributed by atoms with van der Waals surface area (Å²) in [6.07, 6.45) is 0. The second-order valence-electron chi connectivity index (χ2n) is 3.57. The first kappa shape index (κ1) is 12.8. The van der Waals surface area contributed by atoms with Crippen LogP contribution >= 0.6 is 11.6 Å². The number of halogens is 1. The molecular formula is C12H7ClN4O2. The number of carbonyl (C=O) groups excluding carboxylic acids is 1. The lowest BCUT2D eigenvalue weighted by atomic mass is 10.2. The quantitative estimate of drug-likeness (QED) is 0.868. The molecule has 0 bridgehead atoms. The van der Waals surface area contributed by atoms with Crippen LogP contribution in [0.4, 0.5) is 5.69 Å². The highest BCUT2D eigenvalue weighted by Gasteiger charge is 2.10. The van der Waals surface area contributed by atoms with Crippen LogP contribution in [-0.2, 0) is 0 Å². The molecule has 1 amide bonds. The molecule has 1 aromatic carbocycles. The first-order valence-electron chi connectivity index (χ1n) is 5.17. The molecule has 2 aromatic rings. The Kier molecular flexibility index (Phi) is 3.59. The fourth-order valence-corrected chi connectivity index (χ4v) is 1.57. The summed E-state index contributed by atoms with van der Waals surface area (Å²) in [7, 11) is 0. The molecule has 0 atom stereocenters. The van der Waals surface area contributed by atoms with Crippen LogP contribution in [-0.4, -0.2) is 16.1 Å². The highest BCUT2D eigenvalue weighted by atomic mass is 35.5. The zero-order chi connectivity index (χ0) is 13.8. The van der Waals surface area contributed by atoms with E-state index in [0.717, 1.165) is 0 Å². The van der Waals surface area contributed by atoms with Gasteiger partial charge < -0.3 is 5.32 Å². The van der Waals surface area contributed by atoms with Crippen molar-refractivity contribution in [1.29, 1.82) is 5.26 Å². The van der Waals surface area contributed by atoms with Gasteiger partial charge in [0.1, 0.15) is 5.69 Å². The van der Waals surface area contributed by atoms with Crippen molar-refractivity contribution in [3.63, 3.8) is 0 Å². The lowest BCUT2D eigenvalue weighted by Gasteiger charge is -2.06. The Morgan fingerprint density at radius 3 is 2.74 bits per heavy atom. The zero-order valence-electron chi connectivity index (χ0n) is 9.48. The number of rotatable bonds is 2. The number of nitriles is 1. The maximum atomic E-state index is 11.8. The van der Waals surface area contributed by atoms with E-state index in [9.17, 15) is 9.59 Å². The van der Waals surface area contributed by atoms with E-state index in [0.29, 0.717) is 11.3 Å². The molecule has 19 heavy (non-hydrogen) atoms. The van der Waals surface area contributed by atoms with Crippen LogP contribution in [0.2, 0.25) is 5.02 Å². The standard InChI is InChI=1S/C12H7ClN4O2/c13-8-5-7(6-14)1-2-9(8)15-12(19)10-3-4-11(18)17-16-10/h1-5H,(H,15,19)(H,17,18). The Hall–Kier alpha value is -2.65. The molecule has 2 N–H and O–H groups in total. The predicted octanol–water partition coefficient (Wildman–Crippen LogP) is 1.55. The first-order chi connectivity index (χ1) is 9.10. The molecule has 0 saturated heterocycles. The van der Waals surface area contributed by atoms with Crippen molar-refractivity contribution in [3.8, 4) is 6.07 Å². The highest BCUT2D eigenvalue weighted by molar-refractivity contribution is 6.34. The highest BCUT2D eigenvalue weighted by Crippen LogP contribution is 2.23. The van der Waals surface area contributed by atoms with Gasteiger partial charge in [-0.25, -0.2) is 5.10 Å². The van der Waals surface area contributed by atoms with Gasteiger partial charge in [0.25, 0.3) is 11.5 Å². The van der Waals surface area contributed by atoms with Crippen molar-refractivity contribution in [3.05, 3.63) is 57.0 Å². The van der Waals surface area contributed by atoms with Crippen molar-refractivity contribution < 1.29 is 4.79 Å². The van der Waals surface area contributed by atoms with E-state index >= 15 is 0 Å². The summed E-state index contributed by atoms with van der Waals surface area (Å²) in [4.78, 5) is 22.6. The number of nitrogens with one attached hydrogen (secondary N) is 2. The molecule has 0 fully saturated rings. The average molecular weight is 275 g/mol. The maximum absolute atomic E-state index is 11.8. The fourth-order valence-electron chi connectivity index (χ4n) is 1.34. The van der Waals surface area contributed by atoms with Gasteiger partial charge in [0.2, 0.25) is 0 Å². The molecule has 0 radical (unpaired) electrons. The number of aromatic nitrogens is 2. The molecular weight excluding hydrogens is 268 g/mol. The number of benzene rings is 1. The van der Waals surface area contributed by atoms with E-state index < -0.39 is 11.5 Å². The van der Waals surface area contributed by atoms with Gasteiger partial charge in [-0.3, -0.25) is 9.59 Å². The van der Waals surface area contributed by atoms with Gasteiger partial charge in [-0.05, 0) is 24.3 Å². The minimum atomic E-state index is -0.511. The molecule has 0 saturated carbocycles. The largest absolute Gasteiger partial charge is 0.319 e. The van der Waals surface area contributed by atoms with Crippen LogP contribution in [0.3, 0.4) is 0 Å². The second-order valence-corrected chi connectivity index (χ2v) is 3.97. The van der Waals surface area contributed by atoms with Gasteiger partial charge in [0, 0.05) is 6.07 Å². The summed E-state index contributed by atoms with van der Waals surface area (Å²) in [5.41, 5.74) is 0.414. The summed E-state index contributed by atoms with van der Waals surface area (Å²) in [6.45, 7) is 0. The number of anilines is 1. The summed E-state index contributed by atoms with van der Waals surface area (Å²) >= 11 is 5.92. The Morgan fingerprint density at radius 1 is 1.37 bits per heavy atom. The van der Waals surface area contributed by atoms with Crippen LogP contribution in [0.5, 0.6) is 0 Å². The van der Waals surface area contributed by atoms with Gasteiger partial charge in [0.15, 0.2) is 0 Å². The smallest absolute Gasteiger partial charge is 0.276 e. The third-order valence-electron chi connectivity index (χ3n) is 2.26. The molecule has 0 aliphatic heterocycles. The molecule has 2 rings (SSSR count). The fraction of sp³-hybridized carbons (Fsp3) is 0. The van der Waals surface area contributed by atoms with E-state index in [2.05, 4.69) is 15.5 Å². The third-order valence-corrected chi connectivity index (χ3v) is 2.57. The number of hydrogen-bond donors (Lipinski definition) is 2. The number of aromatic amines is 1. The normalized spacial score (nSPS) is 9.68. The Labute approximate surface area is 112 Å². The molecule has 0 spiro atoms.